The summed E-state index contributed by atoms with van der Waals surface area (Å²) in [4.78, 5) is 0. The van der Waals surface area contributed by atoms with Gasteiger partial charge in [-0.15, -0.1) is 0 Å². The van der Waals surface area contributed by atoms with E-state index in [1.807, 2.05) is 32.0 Å². The summed E-state index contributed by atoms with van der Waals surface area (Å²) in [6.07, 6.45) is -4.38. The van der Waals surface area contributed by atoms with Gasteiger partial charge in [-0.2, -0.15) is 0 Å². The van der Waals surface area contributed by atoms with E-state index in [0.717, 1.165) is 11.1 Å². The highest BCUT2D eigenvalue weighted by Gasteiger charge is 2.18. The molecule has 0 amide bonds. The molecule has 0 aliphatic heterocycles. The van der Waals surface area contributed by atoms with E-state index in [4.69, 9.17) is 9.84 Å². The van der Waals surface area contributed by atoms with Crippen molar-refractivity contribution in [2.75, 3.05) is 13.7 Å². The third-order valence-electron chi connectivity index (χ3n) is 2.78. The van der Waals surface area contributed by atoms with E-state index in [1.165, 1.54) is 0 Å². The first kappa shape index (κ1) is 14.9. The predicted molar refractivity (Wildman–Crippen MR) is 66.2 cm³/mol. The van der Waals surface area contributed by atoms with Gasteiger partial charge >= 0.3 is 0 Å². The highest BCUT2D eigenvalue weighted by molar-refractivity contribution is 5.39. The Kier molecular flexibility index (Phi) is 5.50. The van der Waals surface area contributed by atoms with Crippen LogP contribution in [0.5, 0.6) is 5.75 Å². The van der Waals surface area contributed by atoms with Crippen LogP contribution in [-0.2, 0) is 0 Å². The largest absolute Gasteiger partial charge is 0.496 e. The lowest BCUT2D eigenvalue weighted by atomic mass is 10.0. The molecule has 0 radical (unpaired) electrons. The zero-order chi connectivity index (χ0) is 13.7. The summed E-state index contributed by atoms with van der Waals surface area (Å²) in [5, 5.41) is 11.9. The second kappa shape index (κ2) is 6.66. The summed E-state index contributed by atoms with van der Waals surface area (Å²) < 4.78 is 29.6. The molecule has 102 valence electrons. The van der Waals surface area contributed by atoms with Gasteiger partial charge in [-0.3, -0.25) is 0 Å². The van der Waals surface area contributed by atoms with E-state index in [9.17, 15) is 8.78 Å². The van der Waals surface area contributed by atoms with Crippen molar-refractivity contribution in [3.8, 4) is 5.75 Å². The number of aliphatic hydroxyl groups excluding tert-OH is 1. The van der Waals surface area contributed by atoms with E-state index in [-0.39, 0.29) is 12.6 Å². The van der Waals surface area contributed by atoms with Gasteiger partial charge in [0.25, 0.3) is 6.43 Å². The van der Waals surface area contributed by atoms with Gasteiger partial charge in [0, 0.05) is 18.2 Å². The maximum absolute atomic E-state index is 12.2. The van der Waals surface area contributed by atoms with Crippen LogP contribution in [0, 0.1) is 6.92 Å². The fraction of sp³-hybridized carbons (Fsp3) is 0.538. The third kappa shape index (κ3) is 3.92. The summed E-state index contributed by atoms with van der Waals surface area (Å²) in [6.45, 7) is 3.63. The number of methoxy groups -OCH3 is 1. The number of benzene rings is 1. The van der Waals surface area contributed by atoms with Crippen molar-refractivity contribution in [2.45, 2.75) is 32.4 Å². The summed E-state index contributed by atoms with van der Waals surface area (Å²) in [6, 6.07) is 5.53. The number of rotatable bonds is 6. The van der Waals surface area contributed by atoms with Crippen LogP contribution in [0.15, 0.2) is 18.2 Å². The fourth-order valence-electron chi connectivity index (χ4n) is 1.67. The Morgan fingerprint density at radius 3 is 2.61 bits per heavy atom. The molecule has 0 bridgehead atoms. The zero-order valence-corrected chi connectivity index (χ0v) is 10.8. The molecule has 2 atom stereocenters. The van der Waals surface area contributed by atoms with Gasteiger partial charge in [-0.05, 0) is 25.5 Å². The minimum Gasteiger partial charge on any atom is -0.496 e. The second-order valence-corrected chi connectivity index (χ2v) is 4.28. The first-order valence-corrected chi connectivity index (χ1v) is 5.79. The molecule has 1 aromatic carbocycles. The van der Waals surface area contributed by atoms with Crippen molar-refractivity contribution in [3.63, 3.8) is 0 Å². The molecule has 18 heavy (non-hydrogen) atoms. The molecule has 0 fully saturated rings. The highest BCUT2D eigenvalue weighted by atomic mass is 19.3. The molecule has 0 saturated heterocycles. The summed E-state index contributed by atoms with van der Waals surface area (Å²) >= 11 is 0. The van der Waals surface area contributed by atoms with Crippen LogP contribution in [0.1, 0.15) is 24.1 Å². The Bertz CT molecular complexity index is 385. The SMILES string of the molecule is COc1cc(C)ccc1C(C)NCC(O)C(F)F. The highest BCUT2D eigenvalue weighted by Crippen LogP contribution is 2.26. The quantitative estimate of drug-likeness (QED) is 0.823. The van der Waals surface area contributed by atoms with Crippen LogP contribution in [0.3, 0.4) is 0 Å². The average molecular weight is 259 g/mol. The number of hydrogen-bond donors (Lipinski definition) is 2. The molecule has 0 heterocycles. The molecule has 2 N–H and O–H groups in total. The minimum absolute atomic E-state index is 0.157. The molecule has 1 aromatic rings. The Hall–Kier alpha value is -1.20. The smallest absolute Gasteiger partial charge is 0.265 e. The lowest BCUT2D eigenvalue weighted by Gasteiger charge is -2.19. The van der Waals surface area contributed by atoms with Crippen LogP contribution in [-0.4, -0.2) is 31.3 Å². The van der Waals surface area contributed by atoms with E-state index < -0.39 is 12.5 Å². The van der Waals surface area contributed by atoms with Gasteiger partial charge in [0.15, 0.2) is 0 Å². The predicted octanol–water partition coefficient (Wildman–Crippen LogP) is 2.28. The van der Waals surface area contributed by atoms with Gasteiger partial charge in [0.2, 0.25) is 0 Å². The molecule has 0 spiro atoms. The fourth-order valence-corrected chi connectivity index (χ4v) is 1.67. The Balaban J connectivity index is 2.69. The molecule has 3 nitrogen and oxygen atoms in total. The van der Waals surface area contributed by atoms with Crippen molar-refractivity contribution in [1.82, 2.24) is 5.32 Å². The zero-order valence-electron chi connectivity index (χ0n) is 10.8. The maximum Gasteiger partial charge on any atom is 0.265 e. The third-order valence-corrected chi connectivity index (χ3v) is 2.78. The van der Waals surface area contributed by atoms with Gasteiger partial charge < -0.3 is 15.2 Å². The summed E-state index contributed by atoms with van der Waals surface area (Å²) in [5.74, 6) is 0.710. The minimum atomic E-state index is -2.73. The van der Waals surface area contributed by atoms with Crippen molar-refractivity contribution in [2.24, 2.45) is 0 Å². The molecule has 0 aliphatic rings. The molecular formula is C13H19F2NO2. The number of ether oxygens (including phenoxy) is 1. The molecule has 1 rings (SSSR count). The van der Waals surface area contributed by atoms with Gasteiger partial charge in [0.1, 0.15) is 11.9 Å². The number of aliphatic hydroxyl groups is 1. The topological polar surface area (TPSA) is 41.5 Å². The van der Waals surface area contributed by atoms with Crippen LogP contribution in [0.4, 0.5) is 8.78 Å². The Morgan fingerprint density at radius 2 is 2.06 bits per heavy atom. The van der Waals surface area contributed by atoms with Crippen LogP contribution in [0.25, 0.3) is 0 Å². The van der Waals surface area contributed by atoms with Crippen molar-refractivity contribution in [3.05, 3.63) is 29.3 Å². The standard InChI is InChI=1S/C13H19F2NO2/c1-8-4-5-10(12(6-8)18-3)9(2)16-7-11(17)13(14)15/h4-6,9,11,13,16-17H,7H2,1-3H3. The normalized spacial score (nSPS) is 14.6. The molecule has 0 aromatic heterocycles. The number of nitrogens with one attached hydrogen (secondary N) is 1. The van der Waals surface area contributed by atoms with Crippen LogP contribution < -0.4 is 10.1 Å². The Morgan fingerprint density at radius 1 is 1.39 bits per heavy atom. The molecule has 0 saturated carbocycles. The van der Waals surface area contributed by atoms with Crippen LogP contribution in [0.2, 0.25) is 0 Å². The summed E-state index contributed by atoms with van der Waals surface area (Å²) in [7, 11) is 1.57. The lowest BCUT2D eigenvalue weighted by Crippen LogP contribution is -2.33. The maximum atomic E-state index is 12.2. The molecule has 2 unspecified atom stereocenters. The van der Waals surface area contributed by atoms with Gasteiger partial charge in [-0.1, -0.05) is 12.1 Å². The molecule has 0 aliphatic carbocycles. The van der Waals surface area contributed by atoms with E-state index in [0.29, 0.717) is 5.75 Å². The van der Waals surface area contributed by atoms with Crippen molar-refractivity contribution >= 4 is 0 Å². The number of alkyl halides is 2. The number of hydrogen-bond acceptors (Lipinski definition) is 3. The number of aryl methyl sites for hydroxylation is 1. The van der Waals surface area contributed by atoms with Gasteiger partial charge in [0.05, 0.1) is 7.11 Å². The van der Waals surface area contributed by atoms with E-state index in [1.54, 1.807) is 7.11 Å². The van der Waals surface area contributed by atoms with Crippen LogP contribution >= 0.6 is 0 Å². The average Bonchev–Trinajstić information content (AvgIpc) is 2.34. The van der Waals surface area contributed by atoms with E-state index >= 15 is 0 Å². The van der Waals surface area contributed by atoms with Gasteiger partial charge in [-0.25, -0.2) is 8.78 Å². The number of halogens is 2. The molecule has 5 heteroatoms. The monoisotopic (exact) mass is 259 g/mol. The van der Waals surface area contributed by atoms with E-state index in [2.05, 4.69) is 5.32 Å². The van der Waals surface area contributed by atoms with Crippen molar-refractivity contribution < 1.29 is 18.6 Å². The second-order valence-electron chi connectivity index (χ2n) is 4.28. The first-order chi connectivity index (χ1) is 8.45. The Labute approximate surface area is 106 Å². The first-order valence-electron chi connectivity index (χ1n) is 5.79. The van der Waals surface area contributed by atoms with Crippen molar-refractivity contribution in [1.29, 1.82) is 0 Å². The molecular weight excluding hydrogens is 240 g/mol. The lowest BCUT2D eigenvalue weighted by molar-refractivity contribution is -0.00441. The summed E-state index contributed by atoms with van der Waals surface area (Å²) in [5.41, 5.74) is 1.94.